The molecule has 0 aliphatic rings. The molecule has 2 aromatic carbocycles. The van der Waals surface area contributed by atoms with E-state index in [0.29, 0.717) is 22.8 Å². The van der Waals surface area contributed by atoms with Crippen molar-refractivity contribution in [3.8, 4) is 28.7 Å². The molecular formula is C22H20F5NO7. The van der Waals surface area contributed by atoms with E-state index in [1.54, 1.807) is 12.1 Å². The molecule has 0 spiro atoms. The van der Waals surface area contributed by atoms with Crippen LogP contribution in [0.4, 0.5) is 27.6 Å². The van der Waals surface area contributed by atoms with Crippen LogP contribution < -0.4 is 29.0 Å². The predicted octanol–water partition coefficient (Wildman–Crippen LogP) is 4.48. The van der Waals surface area contributed by atoms with Crippen LogP contribution in [-0.4, -0.2) is 52.4 Å². The Labute approximate surface area is 196 Å². The second kappa shape index (κ2) is 10.9. The molecule has 0 unspecified atom stereocenters. The summed E-state index contributed by atoms with van der Waals surface area (Å²) < 4.78 is 88.4. The maximum atomic E-state index is 13.2. The SMILES string of the molecule is COc1cc(OC)c(/C=C/C(=O)Nc2ccc(OC)c(OC(=O)C(F)(F)C(F)(F)F)c2)c(OC)c1. The first-order chi connectivity index (χ1) is 16.4. The molecule has 0 heterocycles. The molecule has 1 amide bonds. The lowest BCUT2D eigenvalue weighted by atomic mass is 10.1. The molecule has 0 aliphatic heterocycles. The molecule has 0 aliphatic carbocycles. The number of esters is 1. The summed E-state index contributed by atoms with van der Waals surface area (Å²) in [5, 5.41) is 2.35. The third-order valence-electron chi connectivity index (χ3n) is 4.40. The maximum absolute atomic E-state index is 13.2. The monoisotopic (exact) mass is 505 g/mol. The fourth-order valence-corrected chi connectivity index (χ4v) is 2.65. The number of benzene rings is 2. The summed E-state index contributed by atoms with van der Waals surface area (Å²) in [6, 6.07) is 6.31. The van der Waals surface area contributed by atoms with Crippen LogP contribution in [-0.2, 0) is 9.59 Å². The number of carbonyl (C=O) groups is 2. The highest BCUT2D eigenvalue weighted by Crippen LogP contribution is 2.39. The molecule has 190 valence electrons. The van der Waals surface area contributed by atoms with E-state index in [4.69, 9.17) is 18.9 Å². The van der Waals surface area contributed by atoms with Crippen LogP contribution >= 0.6 is 0 Å². The predicted molar refractivity (Wildman–Crippen MR) is 113 cm³/mol. The second-order valence-corrected chi connectivity index (χ2v) is 6.60. The van der Waals surface area contributed by atoms with Crippen LogP contribution in [0.5, 0.6) is 28.7 Å². The highest BCUT2D eigenvalue weighted by molar-refractivity contribution is 6.02. The van der Waals surface area contributed by atoms with Crippen molar-refractivity contribution < 1.29 is 55.2 Å². The van der Waals surface area contributed by atoms with Crippen molar-refractivity contribution in [2.45, 2.75) is 12.1 Å². The Morgan fingerprint density at radius 2 is 1.37 bits per heavy atom. The van der Waals surface area contributed by atoms with Gasteiger partial charge in [-0.05, 0) is 18.2 Å². The Bertz CT molecular complexity index is 1090. The Hall–Kier alpha value is -4.03. The zero-order chi connectivity index (χ0) is 26.4. The molecule has 0 radical (unpaired) electrons. The van der Waals surface area contributed by atoms with E-state index in [1.165, 1.54) is 33.5 Å². The topological polar surface area (TPSA) is 92.3 Å². The number of anilines is 1. The van der Waals surface area contributed by atoms with Gasteiger partial charge in [-0.15, -0.1) is 0 Å². The van der Waals surface area contributed by atoms with E-state index >= 15 is 0 Å². The maximum Gasteiger partial charge on any atom is 0.465 e. The van der Waals surface area contributed by atoms with Gasteiger partial charge in [0.05, 0.1) is 34.0 Å². The molecule has 0 bridgehead atoms. The number of hydrogen-bond donors (Lipinski definition) is 1. The number of carbonyl (C=O) groups excluding carboxylic acids is 2. The Morgan fingerprint density at radius 1 is 0.800 bits per heavy atom. The Kier molecular flexibility index (Phi) is 8.50. The van der Waals surface area contributed by atoms with Crippen LogP contribution in [0.1, 0.15) is 5.56 Å². The molecule has 0 saturated heterocycles. The smallest absolute Gasteiger partial charge is 0.465 e. The summed E-state index contributed by atoms with van der Waals surface area (Å²) >= 11 is 0. The van der Waals surface area contributed by atoms with Crippen molar-refractivity contribution in [1.29, 1.82) is 0 Å². The van der Waals surface area contributed by atoms with Gasteiger partial charge in [-0.25, -0.2) is 4.79 Å². The minimum absolute atomic E-state index is 0.0905. The molecule has 8 nitrogen and oxygen atoms in total. The zero-order valence-corrected chi connectivity index (χ0v) is 18.8. The van der Waals surface area contributed by atoms with Crippen molar-refractivity contribution in [1.82, 2.24) is 0 Å². The van der Waals surface area contributed by atoms with Crippen molar-refractivity contribution in [3.63, 3.8) is 0 Å². The number of ether oxygens (including phenoxy) is 5. The van der Waals surface area contributed by atoms with E-state index in [1.807, 2.05) is 0 Å². The first-order valence-electron chi connectivity index (χ1n) is 9.51. The zero-order valence-electron chi connectivity index (χ0n) is 18.8. The quantitative estimate of drug-likeness (QED) is 0.233. The number of halogens is 5. The van der Waals surface area contributed by atoms with Gasteiger partial charge in [0.25, 0.3) is 0 Å². The lowest BCUT2D eigenvalue weighted by molar-refractivity contribution is -0.276. The normalized spacial score (nSPS) is 11.7. The summed E-state index contributed by atoms with van der Waals surface area (Å²) in [4.78, 5) is 23.8. The summed E-state index contributed by atoms with van der Waals surface area (Å²) in [5.41, 5.74) is 0.303. The van der Waals surface area contributed by atoms with Gasteiger partial charge in [-0.3, -0.25) is 4.79 Å². The molecule has 0 atom stereocenters. The van der Waals surface area contributed by atoms with Gasteiger partial charge in [-0.1, -0.05) is 0 Å². The molecule has 2 aromatic rings. The highest BCUT2D eigenvalue weighted by Gasteiger charge is 2.65. The van der Waals surface area contributed by atoms with E-state index in [-0.39, 0.29) is 11.4 Å². The molecule has 2 rings (SSSR count). The van der Waals surface area contributed by atoms with Gasteiger partial charge in [0, 0.05) is 30.0 Å². The first-order valence-corrected chi connectivity index (χ1v) is 9.51. The minimum atomic E-state index is -6.16. The summed E-state index contributed by atoms with van der Waals surface area (Å²) in [7, 11) is 5.31. The van der Waals surface area contributed by atoms with Crippen LogP contribution in [0.25, 0.3) is 6.08 Å². The van der Waals surface area contributed by atoms with Crippen LogP contribution in [0.2, 0.25) is 0 Å². The van der Waals surface area contributed by atoms with Crippen LogP contribution in [0, 0.1) is 0 Å². The largest absolute Gasteiger partial charge is 0.496 e. The van der Waals surface area contributed by atoms with Gasteiger partial charge in [0.15, 0.2) is 11.5 Å². The fraction of sp³-hybridized carbons (Fsp3) is 0.273. The Morgan fingerprint density at radius 3 is 1.86 bits per heavy atom. The van der Waals surface area contributed by atoms with Crippen molar-refractivity contribution in [3.05, 3.63) is 42.0 Å². The molecule has 0 saturated carbocycles. The van der Waals surface area contributed by atoms with Crippen molar-refractivity contribution in [2.24, 2.45) is 0 Å². The van der Waals surface area contributed by atoms with E-state index < -0.39 is 29.7 Å². The third-order valence-corrected chi connectivity index (χ3v) is 4.40. The summed E-state index contributed by atoms with van der Waals surface area (Å²) in [6.45, 7) is 0. The van der Waals surface area contributed by atoms with Crippen LogP contribution in [0.3, 0.4) is 0 Å². The highest BCUT2D eigenvalue weighted by atomic mass is 19.4. The lowest BCUT2D eigenvalue weighted by Crippen LogP contribution is -2.46. The summed E-state index contributed by atoms with van der Waals surface area (Å²) in [5.74, 6) is -9.32. The lowest BCUT2D eigenvalue weighted by Gasteiger charge is -2.18. The first kappa shape index (κ1) is 27.2. The third kappa shape index (κ3) is 6.31. The van der Waals surface area contributed by atoms with Crippen LogP contribution in [0.15, 0.2) is 36.4 Å². The Balaban J connectivity index is 2.26. The number of hydrogen-bond acceptors (Lipinski definition) is 7. The molecule has 35 heavy (non-hydrogen) atoms. The molecule has 13 heteroatoms. The van der Waals surface area contributed by atoms with Gasteiger partial charge in [0.2, 0.25) is 5.91 Å². The number of amides is 1. The molecule has 0 fully saturated rings. The van der Waals surface area contributed by atoms with Gasteiger partial charge >= 0.3 is 18.1 Å². The fourth-order valence-electron chi connectivity index (χ4n) is 2.65. The molecular weight excluding hydrogens is 485 g/mol. The van der Waals surface area contributed by atoms with Crippen molar-refractivity contribution >= 4 is 23.6 Å². The second-order valence-electron chi connectivity index (χ2n) is 6.60. The van der Waals surface area contributed by atoms with E-state index in [2.05, 4.69) is 10.1 Å². The number of methoxy groups -OCH3 is 4. The standard InChI is InChI=1S/C22H20F5NO7/c1-31-13-10-16(33-3)14(17(11-13)34-4)6-8-19(29)28-12-5-7-15(32-2)18(9-12)35-20(30)21(23,24)22(25,26)27/h5-11H,1-4H3,(H,28,29)/b8-6+. The minimum Gasteiger partial charge on any atom is -0.496 e. The average Bonchev–Trinajstić information content (AvgIpc) is 2.81. The van der Waals surface area contributed by atoms with Gasteiger partial charge in [0.1, 0.15) is 17.2 Å². The van der Waals surface area contributed by atoms with Gasteiger partial charge in [-0.2, -0.15) is 22.0 Å². The van der Waals surface area contributed by atoms with Crippen molar-refractivity contribution in [2.75, 3.05) is 33.8 Å². The number of alkyl halides is 5. The molecule has 0 aromatic heterocycles. The van der Waals surface area contributed by atoms with E-state index in [0.717, 1.165) is 25.3 Å². The number of rotatable bonds is 9. The number of nitrogens with one attached hydrogen (secondary N) is 1. The van der Waals surface area contributed by atoms with E-state index in [9.17, 15) is 31.5 Å². The molecule has 1 N–H and O–H groups in total. The average molecular weight is 505 g/mol. The van der Waals surface area contributed by atoms with Gasteiger partial charge < -0.3 is 29.0 Å². The summed E-state index contributed by atoms with van der Waals surface area (Å²) in [6.07, 6.45) is -3.71.